The Labute approximate surface area is 167 Å². The van der Waals surface area contributed by atoms with Gasteiger partial charge < -0.3 is 10.0 Å². The molecule has 0 heterocycles. The molecular weight excluding hydrogens is 343 g/mol. The fourth-order valence-electron chi connectivity index (χ4n) is 2.42. The van der Waals surface area contributed by atoms with Gasteiger partial charge in [-0.1, -0.05) is 127 Å². The molecule has 0 spiro atoms. The van der Waals surface area contributed by atoms with E-state index in [1.807, 2.05) is 36.4 Å². The van der Waals surface area contributed by atoms with Gasteiger partial charge in [0.25, 0.3) is 0 Å². The molecule has 28 heavy (non-hydrogen) atoms. The van der Waals surface area contributed by atoms with Crippen molar-refractivity contribution in [2.75, 3.05) is 0 Å². The highest BCUT2D eigenvalue weighted by Crippen LogP contribution is 2.17. The lowest BCUT2D eigenvalue weighted by molar-refractivity contribution is 0.426. The Morgan fingerprint density at radius 3 is 1.04 bits per heavy atom. The Hall–Kier alpha value is -3.14. The topological polar surface area (TPSA) is 40.5 Å². The first-order valence-electron chi connectivity index (χ1n) is 9.20. The van der Waals surface area contributed by atoms with Gasteiger partial charge in [-0.15, -0.1) is 0 Å². The highest BCUT2D eigenvalue weighted by molar-refractivity contribution is 6.58. The Kier molecular flexibility index (Phi) is 9.29. The second kappa shape index (κ2) is 12.3. The quantitative estimate of drug-likeness (QED) is 0.503. The molecule has 0 saturated heterocycles. The summed E-state index contributed by atoms with van der Waals surface area (Å²) in [5.74, 6) is 0. The fourth-order valence-corrected chi connectivity index (χ4v) is 2.42. The third-order valence-electron chi connectivity index (χ3n) is 3.92. The van der Waals surface area contributed by atoms with Crippen LogP contribution in [0.4, 0.5) is 0 Å². The lowest BCUT2D eigenvalue weighted by Gasteiger charge is -1.98. The average Bonchev–Trinajstić information content (AvgIpc) is 2.77. The summed E-state index contributed by atoms with van der Waals surface area (Å²) in [5, 5.41) is 17.2. The normalized spacial score (nSPS) is 9.25. The Balaban J connectivity index is 0.000000157. The van der Waals surface area contributed by atoms with Crippen LogP contribution in [-0.4, -0.2) is 17.2 Å². The van der Waals surface area contributed by atoms with Gasteiger partial charge in [-0.3, -0.25) is 0 Å². The number of hydrogen-bond acceptors (Lipinski definition) is 2. The van der Waals surface area contributed by atoms with Crippen LogP contribution in [0.25, 0.3) is 11.1 Å². The molecule has 0 aliphatic rings. The lowest BCUT2D eigenvalue weighted by atomic mass is 9.81. The van der Waals surface area contributed by atoms with Gasteiger partial charge in [-0.25, -0.2) is 0 Å². The molecule has 0 aliphatic carbocycles. The van der Waals surface area contributed by atoms with Gasteiger partial charge in [-0.05, 0) is 23.5 Å². The van der Waals surface area contributed by atoms with Gasteiger partial charge >= 0.3 is 7.12 Å². The fraction of sp³-hybridized carbons (Fsp3) is 0.0400. The Morgan fingerprint density at radius 1 is 0.464 bits per heavy atom. The number of benzene rings is 4. The average molecular weight is 368 g/mol. The van der Waals surface area contributed by atoms with E-state index >= 15 is 0 Å². The van der Waals surface area contributed by atoms with Gasteiger partial charge in [0, 0.05) is 0 Å². The minimum absolute atomic E-state index is 0.525. The zero-order valence-corrected chi connectivity index (χ0v) is 16.0. The molecule has 140 valence electrons. The van der Waals surface area contributed by atoms with E-state index < -0.39 is 7.12 Å². The minimum Gasteiger partial charge on any atom is -0.423 e. The number of aryl methyl sites for hydroxylation is 1. The Morgan fingerprint density at radius 2 is 0.786 bits per heavy atom. The van der Waals surface area contributed by atoms with Crippen LogP contribution in [-0.2, 0) is 0 Å². The standard InChI is InChI=1S/C12H10.C7H8.C6H7BO2/c1-3-7-11(8-4-1)12-9-5-2-6-10-12;1-7-5-3-2-4-6-7;8-7(9)6-4-2-1-3-5-6/h1-10H;2-6H,1H3;1-5,8-9H. The van der Waals surface area contributed by atoms with E-state index in [1.54, 1.807) is 24.3 Å². The van der Waals surface area contributed by atoms with Gasteiger partial charge in [0.2, 0.25) is 0 Å². The number of rotatable bonds is 2. The van der Waals surface area contributed by atoms with Crippen LogP contribution in [0, 0.1) is 6.92 Å². The van der Waals surface area contributed by atoms with Crippen molar-refractivity contribution < 1.29 is 10.0 Å². The van der Waals surface area contributed by atoms with E-state index in [-0.39, 0.29) is 0 Å². The molecule has 2 nitrogen and oxygen atoms in total. The maximum absolute atomic E-state index is 8.58. The van der Waals surface area contributed by atoms with Gasteiger partial charge in [0.15, 0.2) is 0 Å². The second-order valence-electron chi connectivity index (χ2n) is 6.17. The maximum Gasteiger partial charge on any atom is 0.488 e. The third kappa shape index (κ3) is 8.04. The van der Waals surface area contributed by atoms with Crippen LogP contribution >= 0.6 is 0 Å². The molecule has 4 aromatic rings. The number of hydrogen-bond donors (Lipinski definition) is 2. The van der Waals surface area contributed by atoms with Gasteiger partial charge in [-0.2, -0.15) is 0 Å². The second-order valence-corrected chi connectivity index (χ2v) is 6.17. The van der Waals surface area contributed by atoms with Gasteiger partial charge in [0.05, 0.1) is 0 Å². The summed E-state index contributed by atoms with van der Waals surface area (Å²) in [7, 11) is -1.34. The van der Waals surface area contributed by atoms with Crippen molar-refractivity contribution in [3.05, 3.63) is 127 Å². The highest BCUT2D eigenvalue weighted by atomic mass is 16.4. The Bertz CT molecular complexity index is 843. The molecule has 0 aromatic heterocycles. The van der Waals surface area contributed by atoms with E-state index in [0.717, 1.165) is 0 Å². The molecule has 0 amide bonds. The predicted molar refractivity (Wildman–Crippen MR) is 119 cm³/mol. The predicted octanol–water partition coefficient (Wildman–Crippen LogP) is 4.72. The van der Waals surface area contributed by atoms with Crippen LogP contribution in [0.15, 0.2) is 121 Å². The van der Waals surface area contributed by atoms with Crippen LogP contribution in [0.5, 0.6) is 0 Å². The summed E-state index contributed by atoms with van der Waals surface area (Å²) in [5.41, 5.74) is 4.40. The van der Waals surface area contributed by atoms with E-state index in [2.05, 4.69) is 67.6 Å². The highest BCUT2D eigenvalue weighted by Gasteiger charge is 2.07. The summed E-state index contributed by atoms with van der Waals surface area (Å²) in [4.78, 5) is 0. The van der Waals surface area contributed by atoms with Crippen molar-refractivity contribution in [3.63, 3.8) is 0 Å². The smallest absolute Gasteiger partial charge is 0.423 e. The van der Waals surface area contributed by atoms with Crippen molar-refractivity contribution in [1.82, 2.24) is 0 Å². The van der Waals surface area contributed by atoms with Crippen LogP contribution < -0.4 is 5.46 Å². The molecule has 2 N–H and O–H groups in total. The molecule has 0 fully saturated rings. The van der Waals surface area contributed by atoms with Crippen LogP contribution in [0.2, 0.25) is 0 Å². The monoisotopic (exact) mass is 368 g/mol. The van der Waals surface area contributed by atoms with E-state index in [9.17, 15) is 0 Å². The third-order valence-corrected chi connectivity index (χ3v) is 3.92. The molecule has 4 aromatic carbocycles. The summed E-state index contributed by atoms with van der Waals surface area (Å²) in [6, 6.07) is 39.7. The first-order chi connectivity index (χ1) is 13.7. The summed E-state index contributed by atoms with van der Waals surface area (Å²) in [6.07, 6.45) is 0. The van der Waals surface area contributed by atoms with E-state index in [4.69, 9.17) is 10.0 Å². The maximum atomic E-state index is 8.58. The molecule has 0 bridgehead atoms. The van der Waals surface area contributed by atoms with Crippen molar-refractivity contribution in [3.8, 4) is 11.1 Å². The molecular formula is C25H25BO2. The van der Waals surface area contributed by atoms with Crippen molar-refractivity contribution in [1.29, 1.82) is 0 Å². The molecule has 4 rings (SSSR count). The van der Waals surface area contributed by atoms with Crippen LogP contribution in [0.1, 0.15) is 5.56 Å². The SMILES string of the molecule is Cc1ccccc1.OB(O)c1ccccc1.c1ccc(-c2ccccc2)cc1. The molecule has 0 aliphatic heterocycles. The largest absolute Gasteiger partial charge is 0.488 e. The molecule has 0 unspecified atom stereocenters. The van der Waals surface area contributed by atoms with E-state index in [0.29, 0.717) is 5.46 Å². The van der Waals surface area contributed by atoms with Crippen molar-refractivity contribution in [2.45, 2.75) is 6.92 Å². The minimum atomic E-state index is -1.34. The van der Waals surface area contributed by atoms with E-state index in [1.165, 1.54) is 16.7 Å². The summed E-state index contributed by atoms with van der Waals surface area (Å²) >= 11 is 0. The lowest BCUT2D eigenvalue weighted by Crippen LogP contribution is -2.29. The first kappa shape index (κ1) is 21.2. The summed E-state index contributed by atoms with van der Waals surface area (Å²) in [6.45, 7) is 2.08. The van der Waals surface area contributed by atoms with Crippen molar-refractivity contribution >= 4 is 12.6 Å². The van der Waals surface area contributed by atoms with Crippen molar-refractivity contribution in [2.24, 2.45) is 0 Å². The zero-order valence-electron chi connectivity index (χ0n) is 16.0. The molecule has 0 radical (unpaired) electrons. The van der Waals surface area contributed by atoms with Crippen LogP contribution in [0.3, 0.4) is 0 Å². The molecule has 0 saturated carbocycles. The van der Waals surface area contributed by atoms with Gasteiger partial charge in [0.1, 0.15) is 0 Å². The summed E-state index contributed by atoms with van der Waals surface area (Å²) < 4.78 is 0. The molecule has 0 atom stereocenters. The molecule has 3 heteroatoms. The first-order valence-corrected chi connectivity index (χ1v) is 9.20. The zero-order chi connectivity index (χ0) is 20.0.